The molecule has 1 heterocycles. The molecule has 156 valence electrons. The van der Waals surface area contributed by atoms with Gasteiger partial charge in [-0.2, -0.15) is 0 Å². The Hall–Kier alpha value is -3.54. The van der Waals surface area contributed by atoms with Gasteiger partial charge in [-0.05, 0) is 45.4 Å². The van der Waals surface area contributed by atoms with Gasteiger partial charge < -0.3 is 19.2 Å². The maximum Gasteiger partial charge on any atom is 0.343 e. The monoisotopic (exact) mass is 407 g/mol. The number of hydrogen-bond donors (Lipinski definition) is 1. The standard InChI is InChI=1S/C24H25NO5/c1-14-11-12-20(28-5)19(13-14)25-23(26)22(18-9-7-6-8-10-18)30-24(27)21-15(2)16(3)29-17(21)4/h6-13,22H,1-5H3,(H,25,26). The van der Waals surface area contributed by atoms with Gasteiger partial charge >= 0.3 is 5.97 Å². The van der Waals surface area contributed by atoms with E-state index < -0.39 is 18.0 Å². The number of methoxy groups -OCH3 is 1. The first-order valence-electron chi connectivity index (χ1n) is 9.59. The summed E-state index contributed by atoms with van der Waals surface area (Å²) in [6, 6.07) is 14.3. The first-order valence-corrected chi connectivity index (χ1v) is 9.59. The molecular weight excluding hydrogens is 382 g/mol. The van der Waals surface area contributed by atoms with Crippen molar-refractivity contribution in [2.45, 2.75) is 33.8 Å². The van der Waals surface area contributed by atoms with Gasteiger partial charge in [0.2, 0.25) is 6.10 Å². The number of furan rings is 1. The number of benzene rings is 2. The minimum Gasteiger partial charge on any atom is -0.495 e. The fraction of sp³-hybridized carbons (Fsp3) is 0.250. The molecule has 6 heteroatoms. The van der Waals surface area contributed by atoms with Crippen molar-refractivity contribution in [1.29, 1.82) is 0 Å². The van der Waals surface area contributed by atoms with Crippen LogP contribution >= 0.6 is 0 Å². The highest BCUT2D eigenvalue weighted by atomic mass is 16.5. The van der Waals surface area contributed by atoms with Crippen LogP contribution in [-0.4, -0.2) is 19.0 Å². The Bertz CT molecular complexity index is 1070. The van der Waals surface area contributed by atoms with E-state index in [4.69, 9.17) is 13.9 Å². The van der Waals surface area contributed by atoms with Gasteiger partial charge in [0.1, 0.15) is 22.8 Å². The molecule has 0 bridgehead atoms. The summed E-state index contributed by atoms with van der Waals surface area (Å²) in [5.41, 5.74) is 3.07. The highest BCUT2D eigenvalue weighted by molar-refractivity contribution is 5.99. The van der Waals surface area contributed by atoms with Gasteiger partial charge in [0.05, 0.1) is 12.8 Å². The number of esters is 1. The first kappa shape index (κ1) is 21.2. The van der Waals surface area contributed by atoms with E-state index in [1.165, 1.54) is 7.11 Å². The average molecular weight is 407 g/mol. The van der Waals surface area contributed by atoms with Crippen molar-refractivity contribution in [3.05, 3.63) is 82.3 Å². The number of nitrogens with one attached hydrogen (secondary N) is 1. The highest BCUT2D eigenvalue weighted by Crippen LogP contribution is 2.29. The van der Waals surface area contributed by atoms with Crippen molar-refractivity contribution in [1.82, 2.24) is 0 Å². The van der Waals surface area contributed by atoms with Gasteiger partial charge in [-0.3, -0.25) is 4.79 Å². The molecule has 30 heavy (non-hydrogen) atoms. The van der Waals surface area contributed by atoms with Crippen molar-refractivity contribution in [2.24, 2.45) is 0 Å². The van der Waals surface area contributed by atoms with Crippen molar-refractivity contribution in [2.75, 3.05) is 12.4 Å². The van der Waals surface area contributed by atoms with Crippen molar-refractivity contribution >= 4 is 17.6 Å². The highest BCUT2D eigenvalue weighted by Gasteiger charge is 2.29. The summed E-state index contributed by atoms with van der Waals surface area (Å²) < 4.78 is 16.6. The summed E-state index contributed by atoms with van der Waals surface area (Å²) in [4.78, 5) is 26.1. The summed E-state index contributed by atoms with van der Waals surface area (Å²) in [6.07, 6.45) is -1.14. The Morgan fingerprint density at radius 1 is 0.967 bits per heavy atom. The summed E-state index contributed by atoms with van der Waals surface area (Å²) in [5.74, 6) is 0.535. The van der Waals surface area contributed by atoms with E-state index in [0.29, 0.717) is 39.6 Å². The van der Waals surface area contributed by atoms with Crippen LogP contribution in [0.15, 0.2) is 52.9 Å². The van der Waals surface area contributed by atoms with Gasteiger partial charge in [0.15, 0.2) is 0 Å². The fourth-order valence-corrected chi connectivity index (χ4v) is 3.28. The van der Waals surface area contributed by atoms with Gasteiger partial charge in [0, 0.05) is 11.1 Å². The van der Waals surface area contributed by atoms with Crippen LogP contribution in [0.3, 0.4) is 0 Å². The Morgan fingerprint density at radius 2 is 1.67 bits per heavy atom. The Labute approximate surface area is 175 Å². The van der Waals surface area contributed by atoms with E-state index in [1.807, 2.05) is 19.1 Å². The third kappa shape index (κ3) is 4.38. The number of carbonyl (C=O) groups excluding carboxylic acids is 2. The average Bonchev–Trinajstić information content (AvgIpc) is 2.98. The summed E-state index contributed by atoms with van der Waals surface area (Å²) in [5, 5.41) is 2.83. The second kappa shape index (κ2) is 8.86. The van der Waals surface area contributed by atoms with E-state index in [9.17, 15) is 9.59 Å². The zero-order chi connectivity index (χ0) is 21.8. The second-order valence-corrected chi connectivity index (χ2v) is 7.10. The minimum atomic E-state index is -1.14. The summed E-state index contributed by atoms with van der Waals surface area (Å²) in [7, 11) is 1.53. The third-order valence-electron chi connectivity index (χ3n) is 4.94. The van der Waals surface area contributed by atoms with E-state index in [2.05, 4.69) is 5.32 Å². The molecule has 1 amide bonds. The van der Waals surface area contributed by atoms with Crippen LogP contribution < -0.4 is 10.1 Å². The SMILES string of the molecule is COc1ccc(C)cc1NC(=O)C(OC(=O)c1c(C)oc(C)c1C)c1ccccc1. The van der Waals surface area contributed by atoms with Crippen LogP contribution in [0.5, 0.6) is 5.75 Å². The van der Waals surface area contributed by atoms with Gasteiger partial charge in [-0.15, -0.1) is 0 Å². The maximum atomic E-state index is 13.2. The number of amides is 1. The van der Waals surface area contributed by atoms with Crippen molar-refractivity contribution in [3.8, 4) is 5.75 Å². The Kier molecular flexibility index (Phi) is 6.26. The molecule has 1 unspecified atom stereocenters. The molecule has 0 fully saturated rings. The van der Waals surface area contributed by atoms with E-state index >= 15 is 0 Å². The lowest BCUT2D eigenvalue weighted by Crippen LogP contribution is -2.26. The molecule has 0 saturated heterocycles. The van der Waals surface area contributed by atoms with Crippen LogP contribution in [0.2, 0.25) is 0 Å². The molecule has 1 aromatic heterocycles. The molecule has 3 rings (SSSR count). The van der Waals surface area contributed by atoms with Gasteiger partial charge in [-0.25, -0.2) is 4.79 Å². The minimum absolute atomic E-state index is 0.342. The zero-order valence-corrected chi connectivity index (χ0v) is 17.7. The number of hydrogen-bond acceptors (Lipinski definition) is 5. The third-order valence-corrected chi connectivity index (χ3v) is 4.94. The molecule has 0 spiro atoms. The molecule has 6 nitrogen and oxygen atoms in total. The predicted octanol–water partition coefficient (Wildman–Crippen LogP) is 5.06. The van der Waals surface area contributed by atoms with Crippen molar-refractivity contribution < 1.29 is 23.5 Å². The number of anilines is 1. The Balaban J connectivity index is 1.93. The largest absolute Gasteiger partial charge is 0.495 e. The Morgan fingerprint density at radius 3 is 2.27 bits per heavy atom. The number of ether oxygens (including phenoxy) is 2. The van der Waals surface area contributed by atoms with E-state index in [1.54, 1.807) is 57.2 Å². The fourth-order valence-electron chi connectivity index (χ4n) is 3.28. The lowest BCUT2D eigenvalue weighted by atomic mass is 10.1. The van der Waals surface area contributed by atoms with E-state index in [-0.39, 0.29) is 0 Å². The molecule has 3 aromatic rings. The molecule has 2 aromatic carbocycles. The number of carbonyl (C=O) groups is 2. The van der Waals surface area contributed by atoms with Crippen molar-refractivity contribution in [3.63, 3.8) is 0 Å². The molecular formula is C24H25NO5. The zero-order valence-electron chi connectivity index (χ0n) is 17.7. The molecule has 0 aliphatic heterocycles. The smallest absolute Gasteiger partial charge is 0.343 e. The first-order chi connectivity index (χ1) is 14.3. The molecule has 0 saturated carbocycles. The molecule has 0 aliphatic rings. The summed E-state index contributed by atoms with van der Waals surface area (Å²) >= 11 is 0. The lowest BCUT2D eigenvalue weighted by molar-refractivity contribution is -0.125. The topological polar surface area (TPSA) is 77.8 Å². The second-order valence-electron chi connectivity index (χ2n) is 7.10. The van der Waals surface area contributed by atoms with Gasteiger partial charge in [0.25, 0.3) is 5.91 Å². The number of rotatable bonds is 6. The normalized spacial score (nSPS) is 11.6. The molecule has 1 atom stereocenters. The molecule has 0 aliphatic carbocycles. The van der Waals surface area contributed by atoms with Crippen LogP contribution in [0, 0.1) is 27.7 Å². The van der Waals surface area contributed by atoms with Crippen LogP contribution in [0.1, 0.15) is 44.7 Å². The maximum absolute atomic E-state index is 13.2. The lowest BCUT2D eigenvalue weighted by Gasteiger charge is -2.19. The van der Waals surface area contributed by atoms with Gasteiger partial charge in [-0.1, -0.05) is 36.4 Å². The molecule has 1 N–H and O–H groups in total. The summed E-state index contributed by atoms with van der Waals surface area (Å²) in [6.45, 7) is 7.19. The van der Waals surface area contributed by atoms with Crippen LogP contribution in [0.4, 0.5) is 5.69 Å². The van der Waals surface area contributed by atoms with Crippen LogP contribution in [-0.2, 0) is 9.53 Å². The van der Waals surface area contributed by atoms with E-state index in [0.717, 1.165) is 5.56 Å². The number of aryl methyl sites for hydroxylation is 3. The predicted molar refractivity (Wildman–Crippen MR) is 114 cm³/mol. The van der Waals surface area contributed by atoms with Crippen LogP contribution in [0.25, 0.3) is 0 Å². The molecule has 0 radical (unpaired) electrons. The quantitative estimate of drug-likeness (QED) is 0.578.